The van der Waals surface area contributed by atoms with E-state index in [4.69, 9.17) is 47.0 Å². The zero-order chi connectivity index (χ0) is 19.6. The fourth-order valence-electron chi connectivity index (χ4n) is 2.34. The van der Waals surface area contributed by atoms with Crippen molar-refractivity contribution in [3.63, 3.8) is 0 Å². The quantitative estimate of drug-likeness (QED) is 0.207. The first-order valence-electron chi connectivity index (χ1n) is 8.72. The highest BCUT2D eigenvalue weighted by molar-refractivity contribution is 7.80. The van der Waals surface area contributed by atoms with Gasteiger partial charge in [0.2, 0.25) is 9.70 Å². The maximum atomic E-state index is 12.1. The number of thiocarbonyl (C=S) groups is 1. The third-order valence-corrected chi connectivity index (χ3v) is 4.57. The molecule has 0 aliphatic rings. The van der Waals surface area contributed by atoms with E-state index in [2.05, 4.69) is 22.9 Å². The second kappa shape index (κ2) is 11.9. The summed E-state index contributed by atoms with van der Waals surface area (Å²) < 4.78 is -1.74. The summed E-state index contributed by atoms with van der Waals surface area (Å²) >= 11 is 23.2. The summed E-state index contributed by atoms with van der Waals surface area (Å²) in [5, 5.41) is 8.84. The number of hydrogen-bond acceptors (Lipinski definition) is 2. The Morgan fingerprint density at radius 2 is 1.85 bits per heavy atom. The number of amides is 1. The van der Waals surface area contributed by atoms with Crippen LogP contribution in [-0.2, 0) is 4.79 Å². The van der Waals surface area contributed by atoms with Crippen molar-refractivity contribution < 1.29 is 4.79 Å². The minimum atomic E-state index is -1.74. The van der Waals surface area contributed by atoms with E-state index in [1.165, 1.54) is 6.42 Å². The molecule has 0 aromatic heterocycles. The average Bonchev–Trinajstić information content (AvgIpc) is 2.53. The molecule has 0 saturated carbocycles. The van der Waals surface area contributed by atoms with Crippen LogP contribution in [0.3, 0.4) is 0 Å². The number of anilines is 1. The third-order valence-electron chi connectivity index (χ3n) is 3.69. The number of halogens is 3. The number of alkyl halides is 3. The van der Waals surface area contributed by atoms with Crippen molar-refractivity contribution in [1.82, 2.24) is 10.6 Å². The molecule has 26 heavy (non-hydrogen) atoms. The van der Waals surface area contributed by atoms with Crippen LogP contribution in [-0.4, -0.2) is 21.0 Å². The summed E-state index contributed by atoms with van der Waals surface area (Å²) in [5.41, 5.74) is 1.90. The number of hydrogen-bond donors (Lipinski definition) is 3. The number of benzene rings is 1. The summed E-state index contributed by atoms with van der Waals surface area (Å²) in [6, 6.07) is 7.70. The minimum absolute atomic E-state index is 0.177. The second-order valence-electron chi connectivity index (χ2n) is 6.17. The maximum absolute atomic E-state index is 12.1. The number of carbonyl (C=O) groups excluding carboxylic acids is 1. The molecule has 8 heteroatoms. The Kier molecular flexibility index (Phi) is 10.6. The molecular weight excluding hydrogens is 413 g/mol. The van der Waals surface area contributed by atoms with Gasteiger partial charge < -0.3 is 16.0 Å². The highest BCUT2D eigenvalue weighted by Crippen LogP contribution is 2.29. The fourth-order valence-corrected chi connectivity index (χ4v) is 2.91. The van der Waals surface area contributed by atoms with Crippen LogP contribution in [0.4, 0.5) is 5.69 Å². The van der Waals surface area contributed by atoms with E-state index in [1.54, 1.807) is 0 Å². The molecule has 0 radical (unpaired) electrons. The molecule has 1 aromatic rings. The van der Waals surface area contributed by atoms with Gasteiger partial charge >= 0.3 is 0 Å². The minimum Gasteiger partial charge on any atom is -0.339 e. The second-order valence-corrected chi connectivity index (χ2v) is 8.95. The molecule has 0 bridgehead atoms. The molecule has 4 nitrogen and oxygen atoms in total. The van der Waals surface area contributed by atoms with Crippen LogP contribution in [0.1, 0.15) is 51.0 Å². The molecule has 0 aliphatic carbocycles. The van der Waals surface area contributed by atoms with E-state index in [9.17, 15) is 4.79 Å². The van der Waals surface area contributed by atoms with Crippen molar-refractivity contribution in [2.75, 3.05) is 5.32 Å². The average molecular weight is 439 g/mol. The number of nitrogens with one attached hydrogen (secondary N) is 3. The van der Waals surface area contributed by atoms with Crippen LogP contribution < -0.4 is 16.0 Å². The Balaban J connectivity index is 2.53. The van der Waals surface area contributed by atoms with E-state index < -0.39 is 9.96 Å². The molecule has 0 fully saturated rings. The van der Waals surface area contributed by atoms with Crippen molar-refractivity contribution in [2.45, 2.75) is 62.3 Å². The number of rotatable bonds is 9. The van der Waals surface area contributed by atoms with E-state index >= 15 is 0 Å². The van der Waals surface area contributed by atoms with E-state index in [1.807, 2.05) is 31.2 Å². The first-order valence-corrected chi connectivity index (χ1v) is 10.3. The van der Waals surface area contributed by atoms with Crippen molar-refractivity contribution in [2.24, 2.45) is 0 Å². The van der Waals surface area contributed by atoms with Crippen molar-refractivity contribution >= 4 is 63.7 Å². The largest absolute Gasteiger partial charge is 0.339 e. The zero-order valence-electron chi connectivity index (χ0n) is 15.1. The Labute approximate surface area is 176 Å². The summed E-state index contributed by atoms with van der Waals surface area (Å²) in [6.45, 7) is 4.13. The van der Waals surface area contributed by atoms with Crippen LogP contribution in [0.2, 0.25) is 0 Å². The zero-order valence-corrected chi connectivity index (χ0v) is 18.2. The lowest BCUT2D eigenvalue weighted by atomic mass is 10.1. The summed E-state index contributed by atoms with van der Waals surface area (Å²) in [7, 11) is 0. The normalized spacial score (nSPS) is 12.3. The van der Waals surface area contributed by atoms with Crippen molar-refractivity contribution in [3.8, 4) is 0 Å². The first kappa shape index (κ1) is 23.3. The SMILES string of the molecule is CCCCCCCC(=O)N[C@H](NC(=S)Nc1cccc(C)c1)C(Cl)(Cl)Cl. The molecule has 3 N–H and O–H groups in total. The summed E-state index contributed by atoms with van der Waals surface area (Å²) in [6.07, 6.45) is 4.75. The van der Waals surface area contributed by atoms with Gasteiger partial charge in [-0.15, -0.1) is 0 Å². The standard InChI is InChI=1S/C18H26Cl3N3OS/c1-3-4-5-6-7-11-15(25)23-16(18(19,20)21)24-17(26)22-14-10-8-9-13(2)12-14/h8-10,12,16H,3-7,11H2,1-2H3,(H,23,25)(H2,22,24,26)/t16-/m1/s1. The van der Waals surface area contributed by atoms with Gasteiger partial charge in [0, 0.05) is 12.1 Å². The van der Waals surface area contributed by atoms with Gasteiger partial charge in [0.05, 0.1) is 0 Å². The van der Waals surface area contributed by atoms with Crippen LogP contribution in [0.15, 0.2) is 24.3 Å². The first-order chi connectivity index (χ1) is 12.2. The number of carbonyl (C=O) groups is 1. The van der Waals surface area contributed by atoms with Crippen molar-refractivity contribution in [1.29, 1.82) is 0 Å². The van der Waals surface area contributed by atoms with Gasteiger partial charge in [0.15, 0.2) is 5.11 Å². The molecule has 146 valence electrons. The van der Waals surface area contributed by atoms with Gasteiger partial charge in [0.1, 0.15) is 6.17 Å². The van der Waals surface area contributed by atoms with Crippen molar-refractivity contribution in [3.05, 3.63) is 29.8 Å². The van der Waals surface area contributed by atoms with Gasteiger partial charge in [-0.05, 0) is 43.3 Å². The molecule has 0 heterocycles. The smallest absolute Gasteiger partial charge is 0.228 e. The lowest BCUT2D eigenvalue weighted by Gasteiger charge is -2.27. The fraction of sp³-hybridized carbons (Fsp3) is 0.556. The summed E-state index contributed by atoms with van der Waals surface area (Å²) in [5.74, 6) is -0.177. The maximum Gasteiger partial charge on any atom is 0.228 e. The van der Waals surface area contributed by atoms with E-state index in [0.717, 1.165) is 36.9 Å². The predicted molar refractivity (Wildman–Crippen MR) is 116 cm³/mol. The lowest BCUT2D eigenvalue weighted by molar-refractivity contribution is -0.122. The predicted octanol–water partition coefficient (Wildman–Crippen LogP) is 5.45. The molecule has 1 amide bonds. The van der Waals surface area contributed by atoms with Crippen LogP contribution >= 0.6 is 47.0 Å². The van der Waals surface area contributed by atoms with Gasteiger partial charge in [-0.3, -0.25) is 4.79 Å². The summed E-state index contributed by atoms with van der Waals surface area (Å²) in [4.78, 5) is 12.1. The van der Waals surface area contributed by atoms with E-state index in [0.29, 0.717) is 6.42 Å². The number of unbranched alkanes of at least 4 members (excludes halogenated alkanes) is 4. The number of aryl methyl sites for hydroxylation is 1. The van der Waals surface area contributed by atoms with Crippen LogP contribution in [0, 0.1) is 6.92 Å². The van der Waals surface area contributed by atoms with Gasteiger partial charge in [-0.2, -0.15) is 0 Å². The van der Waals surface area contributed by atoms with Gasteiger partial charge in [-0.1, -0.05) is 79.5 Å². The highest BCUT2D eigenvalue weighted by Gasteiger charge is 2.34. The van der Waals surface area contributed by atoms with E-state index in [-0.39, 0.29) is 11.0 Å². The lowest BCUT2D eigenvalue weighted by Crippen LogP contribution is -2.56. The topological polar surface area (TPSA) is 53.2 Å². The van der Waals surface area contributed by atoms with Crippen LogP contribution in [0.25, 0.3) is 0 Å². The molecule has 0 unspecified atom stereocenters. The monoisotopic (exact) mass is 437 g/mol. The Bertz CT molecular complexity index is 593. The Hall–Kier alpha value is -0.750. The highest BCUT2D eigenvalue weighted by atomic mass is 35.6. The Morgan fingerprint density at radius 1 is 1.15 bits per heavy atom. The molecule has 0 aliphatic heterocycles. The molecule has 1 atom stereocenters. The third kappa shape index (κ3) is 9.81. The molecule has 1 aromatic carbocycles. The molecule has 0 spiro atoms. The van der Waals surface area contributed by atoms with Gasteiger partial charge in [-0.25, -0.2) is 0 Å². The Morgan fingerprint density at radius 3 is 2.46 bits per heavy atom. The molecule has 0 saturated heterocycles. The van der Waals surface area contributed by atoms with Gasteiger partial charge in [0.25, 0.3) is 0 Å². The molecular formula is C18H26Cl3N3OS. The van der Waals surface area contributed by atoms with Crippen LogP contribution in [0.5, 0.6) is 0 Å². The molecule has 1 rings (SSSR count).